The number of hydrogen-bond donors (Lipinski definition) is 2. The number of ketones is 1. The summed E-state index contributed by atoms with van der Waals surface area (Å²) < 4.78 is 0. The van der Waals surface area contributed by atoms with Crippen LogP contribution in [-0.2, 0) is 4.79 Å². The maximum atomic E-state index is 12.2. The van der Waals surface area contributed by atoms with Crippen LogP contribution < -0.4 is 0 Å². The monoisotopic (exact) mass is 422 g/mol. The minimum Gasteiger partial charge on any atom is -0.508 e. The summed E-state index contributed by atoms with van der Waals surface area (Å²) in [6.07, 6.45) is 6.65. The predicted molar refractivity (Wildman–Crippen MR) is 129 cm³/mol. The molecule has 0 amide bonds. The van der Waals surface area contributed by atoms with Crippen molar-refractivity contribution in [2.24, 2.45) is 5.41 Å². The molecule has 4 rings (SSSR count). The fourth-order valence-electron chi connectivity index (χ4n) is 4.17. The van der Waals surface area contributed by atoms with Crippen molar-refractivity contribution in [3.63, 3.8) is 0 Å². The number of rotatable bonds is 4. The number of aliphatic hydroxyl groups is 1. The van der Waals surface area contributed by atoms with E-state index in [9.17, 15) is 15.0 Å². The maximum absolute atomic E-state index is 12.2. The van der Waals surface area contributed by atoms with Crippen LogP contribution in [0.25, 0.3) is 16.9 Å². The summed E-state index contributed by atoms with van der Waals surface area (Å²) in [6, 6.07) is 25.1. The van der Waals surface area contributed by atoms with Gasteiger partial charge in [-0.05, 0) is 59.0 Å². The molecule has 1 aliphatic carbocycles. The van der Waals surface area contributed by atoms with E-state index in [1.54, 1.807) is 24.3 Å². The Morgan fingerprint density at radius 2 is 1.44 bits per heavy atom. The SMILES string of the molecule is CC(c1ccc(-c2ccccc2)cc1)C1(C)C=CC(=O)C=CC1=C(O)c1ccc(O)cc1. The molecule has 0 fully saturated rings. The molecule has 0 aliphatic heterocycles. The maximum Gasteiger partial charge on any atom is 0.178 e. The van der Waals surface area contributed by atoms with Gasteiger partial charge in [0.2, 0.25) is 0 Å². The van der Waals surface area contributed by atoms with Gasteiger partial charge in [-0.3, -0.25) is 4.79 Å². The number of hydrogen-bond acceptors (Lipinski definition) is 3. The lowest BCUT2D eigenvalue weighted by Gasteiger charge is -2.35. The van der Waals surface area contributed by atoms with E-state index >= 15 is 0 Å². The Hall–Kier alpha value is -3.85. The van der Waals surface area contributed by atoms with Gasteiger partial charge in [-0.1, -0.05) is 80.6 Å². The largest absolute Gasteiger partial charge is 0.508 e. The molecular formula is C29H26O3. The van der Waals surface area contributed by atoms with Crippen LogP contribution in [0, 0.1) is 5.41 Å². The van der Waals surface area contributed by atoms with Crippen LogP contribution in [0.4, 0.5) is 0 Å². The van der Waals surface area contributed by atoms with Gasteiger partial charge in [0.25, 0.3) is 0 Å². The molecule has 2 unspecified atom stereocenters. The van der Waals surface area contributed by atoms with Crippen molar-refractivity contribution in [3.8, 4) is 16.9 Å². The Balaban J connectivity index is 1.76. The fraction of sp³-hybridized carbons (Fsp3) is 0.138. The van der Waals surface area contributed by atoms with E-state index in [1.165, 1.54) is 18.2 Å². The molecule has 3 aromatic rings. The number of phenolic OH excluding ortho intramolecular Hbond substituents is 1. The average Bonchev–Trinajstić information content (AvgIpc) is 2.98. The highest BCUT2D eigenvalue weighted by Crippen LogP contribution is 2.47. The van der Waals surface area contributed by atoms with Gasteiger partial charge in [0.05, 0.1) is 0 Å². The van der Waals surface area contributed by atoms with Crippen LogP contribution >= 0.6 is 0 Å². The van der Waals surface area contributed by atoms with Crippen LogP contribution in [0.1, 0.15) is 30.9 Å². The minimum absolute atomic E-state index is 0.0200. The van der Waals surface area contributed by atoms with Gasteiger partial charge in [-0.25, -0.2) is 0 Å². The molecule has 0 aromatic heterocycles. The number of aliphatic hydroxyl groups excluding tert-OH is 1. The van der Waals surface area contributed by atoms with E-state index in [1.807, 2.05) is 31.2 Å². The molecule has 3 heteroatoms. The summed E-state index contributed by atoms with van der Waals surface area (Å²) in [5, 5.41) is 20.8. The van der Waals surface area contributed by atoms with Crippen molar-refractivity contribution in [3.05, 3.63) is 120 Å². The van der Waals surface area contributed by atoms with Crippen molar-refractivity contribution in [1.82, 2.24) is 0 Å². The van der Waals surface area contributed by atoms with Gasteiger partial charge in [0.15, 0.2) is 5.78 Å². The molecule has 3 aromatic carbocycles. The Morgan fingerprint density at radius 3 is 2.09 bits per heavy atom. The second-order valence-corrected chi connectivity index (χ2v) is 8.37. The summed E-state index contributed by atoms with van der Waals surface area (Å²) in [5.41, 5.74) is 4.02. The summed E-state index contributed by atoms with van der Waals surface area (Å²) in [4.78, 5) is 12.2. The smallest absolute Gasteiger partial charge is 0.178 e. The molecule has 32 heavy (non-hydrogen) atoms. The van der Waals surface area contributed by atoms with Crippen LogP contribution in [0.3, 0.4) is 0 Å². The number of phenols is 1. The Bertz CT molecular complexity index is 1200. The first-order valence-corrected chi connectivity index (χ1v) is 10.7. The quantitative estimate of drug-likeness (QED) is 0.453. The zero-order valence-corrected chi connectivity index (χ0v) is 18.2. The zero-order chi connectivity index (χ0) is 22.7. The Labute approximate surface area is 188 Å². The minimum atomic E-state index is -0.626. The van der Waals surface area contributed by atoms with E-state index in [0.717, 1.165) is 16.7 Å². The van der Waals surface area contributed by atoms with E-state index in [0.29, 0.717) is 11.1 Å². The lowest BCUT2D eigenvalue weighted by atomic mass is 9.68. The highest BCUT2D eigenvalue weighted by atomic mass is 16.3. The molecule has 2 atom stereocenters. The van der Waals surface area contributed by atoms with Crippen LogP contribution in [0.15, 0.2) is 109 Å². The number of carbonyl (C=O) groups excluding carboxylic acids is 1. The van der Waals surface area contributed by atoms with Gasteiger partial charge in [0.1, 0.15) is 11.5 Å². The van der Waals surface area contributed by atoms with Crippen LogP contribution in [0.2, 0.25) is 0 Å². The molecule has 0 saturated heterocycles. The number of allylic oxidation sites excluding steroid dienone is 5. The Kier molecular flexibility index (Phi) is 5.83. The van der Waals surface area contributed by atoms with E-state index in [-0.39, 0.29) is 23.2 Å². The summed E-state index contributed by atoms with van der Waals surface area (Å²) in [5.74, 6) is 0.0910. The van der Waals surface area contributed by atoms with E-state index < -0.39 is 5.41 Å². The number of aromatic hydroxyl groups is 1. The summed E-state index contributed by atoms with van der Waals surface area (Å²) in [7, 11) is 0. The second-order valence-electron chi connectivity index (χ2n) is 8.37. The molecule has 0 spiro atoms. The fourth-order valence-corrected chi connectivity index (χ4v) is 4.17. The van der Waals surface area contributed by atoms with Gasteiger partial charge in [-0.15, -0.1) is 0 Å². The summed E-state index contributed by atoms with van der Waals surface area (Å²) >= 11 is 0. The normalized spacial score (nSPS) is 20.6. The third-order valence-corrected chi connectivity index (χ3v) is 6.40. The van der Waals surface area contributed by atoms with Crippen molar-refractivity contribution in [1.29, 1.82) is 0 Å². The average molecular weight is 423 g/mol. The van der Waals surface area contributed by atoms with Gasteiger partial charge >= 0.3 is 0 Å². The lowest BCUT2D eigenvalue weighted by Crippen LogP contribution is -2.24. The second kappa shape index (κ2) is 8.72. The van der Waals surface area contributed by atoms with Gasteiger partial charge in [-0.2, -0.15) is 0 Å². The molecule has 3 nitrogen and oxygen atoms in total. The van der Waals surface area contributed by atoms with E-state index in [4.69, 9.17) is 0 Å². The third-order valence-electron chi connectivity index (χ3n) is 6.40. The first kappa shape index (κ1) is 21.4. The van der Waals surface area contributed by atoms with E-state index in [2.05, 4.69) is 43.3 Å². The van der Waals surface area contributed by atoms with Crippen LogP contribution in [-0.4, -0.2) is 16.0 Å². The molecule has 160 valence electrons. The number of benzene rings is 3. The van der Waals surface area contributed by atoms with Crippen LogP contribution in [0.5, 0.6) is 5.75 Å². The third kappa shape index (κ3) is 4.15. The first-order valence-electron chi connectivity index (χ1n) is 10.7. The topological polar surface area (TPSA) is 57.5 Å². The Morgan fingerprint density at radius 1 is 0.812 bits per heavy atom. The standard InChI is InChI=1S/C29H26O3/c1-20(21-8-10-23(11-9-21)22-6-4-3-5-7-22)29(2)19-18-26(31)16-17-27(29)28(32)24-12-14-25(30)15-13-24/h3-20,30,32H,1-2H3. The molecule has 0 bridgehead atoms. The molecular weight excluding hydrogens is 396 g/mol. The number of carbonyl (C=O) groups is 1. The lowest BCUT2D eigenvalue weighted by molar-refractivity contribution is -0.110. The van der Waals surface area contributed by atoms with Gasteiger partial charge in [0, 0.05) is 16.6 Å². The highest BCUT2D eigenvalue weighted by molar-refractivity contribution is 6.00. The van der Waals surface area contributed by atoms with Crippen molar-refractivity contribution >= 4 is 11.5 Å². The molecule has 0 radical (unpaired) electrons. The van der Waals surface area contributed by atoms with Gasteiger partial charge < -0.3 is 10.2 Å². The molecule has 0 saturated carbocycles. The van der Waals surface area contributed by atoms with Crippen molar-refractivity contribution in [2.45, 2.75) is 19.8 Å². The van der Waals surface area contributed by atoms with Crippen molar-refractivity contribution < 1.29 is 15.0 Å². The zero-order valence-electron chi connectivity index (χ0n) is 18.2. The molecule has 1 aliphatic rings. The summed E-state index contributed by atoms with van der Waals surface area (Å²) in [6.45, 7) is 4.14. The predicted octanol–water partition coefficient (Wildman–Crippen LogP) is 6.83. The van der Waals surface area contributed by atoms with Crippen molar-refractivity contribution in [2.75, 3.05) is 0 Å². The molecule has 2 N–H and O–H groups in total. The first-order chi connectivity index (χ1) is 15.4. The highest BCUT2D eigenvalue weighted by Gasteiger charge is 2.36. The molecule has 0 heterocycles.